The molecule has 2 rings (SSSR count). The first-order valence-electron chi connectivity index (χ1n) is 4.46. The first kappa shape index (κ1) is 8.11. The van der Waals surface area contributed by atoms with Crippen LogP contribution < -0.4 is 0 Å². The zero-order valence-corrected chi connectivity index (χ0v) is 7.99. The van der Waals surface area contributed by atoms with Crippen LogP contribution in [0.25, 0.3) is 11.3 Å². The second-order valence-corrected chi connectivity index (χ2v) is 3.32. The summed E-state index contributed by atoms with van der Waals surface area (Å²) in [6, 6.07) is 12.7. The Hall–Kier alpha value is -1.50. The molecule has 0 aliphatic heterocycles. The summed E-state index contributed by atoms with van der Waals surface area (Å²) in [7, 11) is 2.07. The summed E-state index contributed by atoms with van der Waals surface area (Å²) in [4.78, 5) is 0. The minimum absolute atomic E-state index is 1.28. The van der Waals surface area contributed by atoms with Gasteiger partial charge in [0.15, 0.2) is 0 Å². The summed E-state index contributed by atoms with van der Waals surface area (Å²) in [6.07, 6.45) is 2.07. The van der Waals surface area contributed by atoms with E-state index < -0.39 is 0 Å². The number of hydrogen-bond donors (Lipinski definition) is 0. The van der Waals surface area contributed by atoms with Gasteiger partial charge in [0.2, 0.25) is 0 Å². The first-order chi connectivity index (χ1) is 6.29. The van der Waals surface area contributed by atoms with Gasteiger partial charge in [-0.1, -0.05) is 24.3 Å². The highest BCUT2D eigenvalue weighted by Crippen LogP contribution is 2.22. The first-order valence-corrected chi connectivity index (χ1v) is 4.46. The number of benzene rings is 1. The van der Waals surface area contributed by atoms with Gasteiger partial charge in [-0.05, 0) is 24.6 Å². The number of nitrogens with zero attached hydrogens (tertiary/aromatic N) is 1. The van der Waals surface area contributed by atoms with Crippen molar-refractivity contribution in [2.24, 2.45) is 7.05 Å². The predicted octanol–water partition coefficient (Wildman–Crippen LogP) is 3.00. The Balaban J connectivity index is 2.59. The Labute approximate surface area is 78.6 Å². The number of aryl methyl sites for hydroxylation is 2. The zero-order valence-electron chi connectivity index (χ0n) is 7.99. The molecule has 1 heteroatoms. The normalized spacial score (nSPS) is 10.3. The molecule has 1 nitrogen and oxygen atoms in total. The van der Waals surface area contributed by atoms with E-state index >= 15 is 0 Å². The van der Waals surface area contributed by atoms with Crippen LogP contribution in [0.4, 0.5) is 0 Å². The highest BCUT2D eigenvalue weighted by atomic mass is 14.9. The molecule has 1 heterocycles. The molecule has 0 saturated heterocycles. The van der Waals surface area contributed by atoms with Crippen molar-refractivity contribution in [3.8, 4) is 11.3 Å². The van der Waals surface area contributed by atoms with Crippen molar-refractivity contribution in [3.05, 3.63) is 48.2 Å². The van der Waals surface area contributed by atoms with Gasteiger partial charge in [0, 0.05) is 24.5 Å². The molecule has 2 aromatic rings. The molecule has 1 aromatic carbocycles. The summed E-state index contributed by atoms with van der Waals surface area (Å²) in [6.45, 7) is 2.14. The highest BCUT2D eigenvalue weighted by Gasteiger charge is 2.02. The van der Waals surface area contributed by atoms with Gasteiger partial charge >= 0.3 is 0 Å². The lowest BCUT2D eigenvalue weighted by Gasteiger charge is -2.06. The zero-order chi connectivity index (χ0) is 9.26. The largest absolute Gasteiger partial charge is 0.351 e. The van der Waals surface area contributed by atoms with Crippen LogP contribution in [0.2, 0.25) is 0 Å². The van der Waals surface area contributed by atoms with Crippen molar-refractivity contribution >= 4 is 0 Å². The molecule has 0 aliphatic carbocycles. The summed E-state index contributed by atoms with van der Waals surface area (Å²) in [5.74, 6) is 0. The van der Waals surface area contributed by atoms with Crippen LogP contribution >= 0.6 is 0 Å². The van der Waals surface area contributed by atoms with Crippen molar-refractivity contribution in [2.75, 3.05) is 0 Å². The predicted molar refractivity (Wildman–Crippen MR) is 55.6 cm³/mol. The van der Waals surface area contributed by atoms with E-state index in [4.69, 9.17) is 0 Å². The van der Waals surface area contributed by atoms with Gasteiger partial charge in [-0.15, -0.1) is 0 Å². The van der Waals surface area contributed by atoms with Gasteiger partial charge < -0.3 is 4.57 Å². The summed E-state index contributed by atoms with van der Waals surface area (Å²) in [5, 5.41) is 0. The van der Waals surface area contributed by atoms with Gasteiger partial charge in [0.25, 0.3) is 0 Å². The van der Waals surface area contributed by atoms with Crippen molar-refractivity contribution in [2.45, 2.75) is 6.92 Å². The number of aromatic nitrogens is 1. The second-order valence-electron chi connectivity index (χ2n) is 3.32. The Morgan fingerprint density at radius 3 is 2.38 bits per heavy atom. The number of rotatable bonds is 1. The molecule has 0 spiro atoms. The lowest BCUT2D eigenvalue weighted by molar-refractivity contribution is 0.936. The third-order valence-electron chi connectivity index (χ3n) is 2.36. The maximum absolute atomic E-state index is 2.16. The fourth-order valence-electron chi connectivity index (χ4n) is 1.60. The molecule has 0 amide bonds. The van der Waals surface area contributed by atoms with Crippen LogP contribution in [0.3, 0.4) is 0 Å². The van der Waals surface area contributed by atoms with Crippen molar-refractivity contribution < 1.29 is 0 Å². The molecule has 0 saturated carbocycles. The van der Waals surface area contributed by atoms with Gasteiger partial charge in [0.05, 0.1) is 0 Å². The molecular formula is C12H13N. The SMILES string of the molecule is Cc1ccccc1-c1cccn1C. The molecule has 66 valence electrons. The molecule has 0 unspecified atom stereocenters. The van der Waals surface area contributed by atoms with Crippen LogP contribution in [0.1, 0.15) is 5.56 Å². The Morgan fingerprint density at radius 2 is 1.77 bits per heavy atom. The summed E-state index contributed by atoms with van der Waals surface area (Å²) < 4.78 is 2.14. The minimum Gasteiger partial charge on any atom is -0.351 e. The van der Waals surface area contributed by atoms with Crippen molar-refractivity contribution in [1.82, 2.24) is 4.57 Å². The lowest BCUT2D eigenvalue weighted by atomic mass is 10.1. The monoisotopic (exact) mass is 171 g/mol. The van der Waals surface area contributed by atoms with E-state index in [1.165, 1.54) is 16.8 Å². The average molecular weight is 171 g/mol. The lowest BCUT2D eigenvalue weighted by Crippen LogP contribution is -1.90. The maximum Gasteiger partial charge on any atom is 0.0480 e. The summed E-state index contributed by atoms with van der Waals surface area (Å²) >= 11 is 0. The van der Waals surface area contributed by atoms with Gasteiger partial charge in [-0.25, -0.2) is 0 Å². The minimum atomic E-state index is 1.28. The van der Waals surface area contributed by atoms with Crippen LogP contribution in [-0.2, 0) is 7.05 Å². The van der Waals surface area contributed by atoms with Crippen LogP contribution in [0, 0.1) is 6.92 Å². The van der Waals surface area contributed by atoms with Gasteiger partial charge in [-0.2, -0.15) is 0 Å². The van der Waals surface area contributed by atoms with Gasteiger partial charge in [-0.3, -0.25) is 0 Å². The van der Waals surface area contributed by atoms with Crippen molar-refractivity contribution in [1.29, 1.82) is 0 Å². The van der Waals surface area contributed by atoms with Crippen molar-refractivity contribution in [3.63, 3.8) is 0 Å². The fraction of sp³-hybridized carbons (Fsp3) is 0.167. The standard InChI is InChI=1S/C12H13N/c1-10-6-3-4-7-11(10)12-8-5-9-13(12)2/h3-9H,1-2H3. The molecule has 0 radical (unpaired) electrons. The molecule has 1 aromatic heterocycles. The molecule has 0 bridgehead atoms. The van der Waals surface area contributed by atoms with Crippen LogP contribution in [-0.4, -0.2) is 4.57 Å². The molecule has 13 heavy (non-hydrogen) atoms. The van der Waals surface area contributed by atoms with E-state index in [1.807, 2.05) is 0 Å². The highest BCUT2D eigenvalue weighted by molar-refractivity contribution is 5.63. The smallest absolute Gasteiger partial charge is 0.0480 e. The van der Waals surface area contributed by atoms with E-state index in [-0.39, 0.29) is 0 Å². The molecule has 0 aliphatic rings. The third kappa shape index (κ3) is 1.37. The van der Waals surface area contributed by atoms with E-state index in [1.54, 1.807) is 0 Å². The van der Waals surface area contributed by atoms with Crippen LogP contribution in [0.15, 0.2) is 42.6 Å². The molecular weight excluding hydrogens is 158 g/mol. The molecule has 0 atom stereocenters. The van der Waals surface area contributed by atoms with Gasteiger partial charge in [0.1, 0.15) is 0 Å². The van der Waals surface area contributed by atoms with E-state index in [2.05, 4.69) is 61.1 Å². The maximum atomic E-state index is 2.16. The quantitative estimate of drug-likeness (QED) is 0.621. The average Bonchev–Trinajstić information content (AvgIpc) is 2.52. The molecule has 0 N–H and O–H groups in total. The fourth-order valence-corrected chi connectivity index (χ4v) is 1.60. The topological polar surface area (TPSA) is 4.93 Å². The van der Waals surface area contributed by atoms with E-state index in [0.717, 1.165) is 0 Å². The van der Waals surface area contributed by atoms with Crippen LogP contribution in [0.5, 0.6) is 0 Å². The summed E-state index contributed by atoms with van der Waals surface area (Å²) in [5.41, 5.74) is 3.91. The Kier molecular flexibility index (Phi) is 1.93. The Bertz CT molecular complexity index is 413. The number of hydrogen-bond acceptors (Lipinski definition) is 0. The second kappa shape index (κ2) is 3.09. The van der Waals surface area contributed by atoms with E-state index in [9.17, 15) is 0 Å². The molecule has 0 fully saturated rings. The van der Waals surface area contributed by atoms with E-state index in [0.29, 0.717) is 0 Å². The Morgan fingerprint density at radius 1 is 1.00 bits per heavy atom. The third-order valence-corrected chi connectivity index (χ3v) is 2.36.